The van der Waals surface area contributed by atoms with Gasteiger partial charge in [0.05, 0.1) is 0 Å². The van der Waals surface area contributed by atoms with E-state index in [0.29, 0.717) is 18.4 Å². The molecule has 2 fully saturated rings. The molecule has 1 amide bonds. The second kappa shape index (κ2) is 8.85. The molecule has 0 atom stereocenters. The lowest BCUT2D eigenvalue weighted by atomic mass is 9.92. The van der Waals surface area contributed by atoms with Gasteiger partial charge in [-0.05, 0) is 67.1 Å². The van der Waals surface area contributed by atoms with Gasteiger partial charge in [0.1, 0.15) is 0 Å². The zero-order chi connectivity index (χ0) is 18.5. The molecular weight excluding hydrogens is 336 g/mol. The van der Waals surface area contributed by atoms with E-state index in [1.54, 1.807) is 0 Å². The Hall–Kier alpha value is -1.91. The average molecular weight is 367 g/mol. The molecule has 1 N–H and O–H groups in total. The number of ether oxygens (including phenoxy) is 1. The number of benzene rings is 2. The SMILES string of the molecule is O=C(CC1CCN(Cc2ccc3ccccc3c2)CC1)NC1CCOCC1. The maximum Gasteiger partial charge on any atom is 0.220 e. The van der Waals surface area contributed by atoms with Gasteiger partial charge in [0, 0.05) is 32.2 Å². The van der Waals surface area contributed by atoms with Crippen LogP contribution in [0.25, 0.3) is 10.8 Å². The van der Waals surface area contributed by atoms with Gasteiger partial charge in [0.25, 0.3) is 0 Å². The summed E-state index contributed by atoms with van der Waals surface area (Å²) in [5.41, 5.74) is 1.38. The molecule has 2 heterocycles. The summed E-state index contributed by atoms with van der Waals surface area (Å²) < 4.78 is 5.36. The summed E-state index contributed by atoms with van der Waals surface area (Å²) >= 11 is 0. The van der Waals surface area contributed by atoms with E-state index < -0.39 is 0 Å². The predicted molar refractivity (Wildman–Crippen MR) is 109 cm³/mol. The fourth-order valence-corrected chi connectivity index (χ4v) is 4.33. The summed E-state index contributed by atoms with van der Waals surface area (Å²) in [4.78, 5) is 14.8. The van der Waals surface area contributed by atoms with Gasteiger partial charge >= 0.3 is 0 Å². The van der Waals surface area contributed by atoms with E-state index in [1.807, 2.05) is 0 Å². The highest BCUT2D eigenvalue weighted by Crippen LogP contribution is 2.23. The van der Waals surface area contributed by atoms with E-state index in [2.05, 4.69) is 52.7 Å². The predicted octanol–water partition coefficient (Wildman–Crippen LogP) is 3.74. The van der Waals surface area contributed by atoms with E-state index in [1.165, 1.54) is 16.3 Å². The van der Waals surface area contributed by atoms with Gasteiger partial charge in [-0.15, -0.1) is 0 Å². The number of amides is 1. The smallest absolute Gasteiger partial charge is 0.220 e. The summed E-state index contributed by atoms with van der Waals surface area (Å²) in [5, 5.41) is 5.82. The molecule has 0 radical (unpaired) electrons. The lowest BCUT2D eigenvalue weighted by Gasteiger charge is -2.32. The van der Waals surface area contributed by atoms with Gasteiger partial charge in [0.2, 0.25) is 5.91 Å². The number of hydrogen-bond donors (Lipinski definition) is 1. The van der Waals surface area contributed by atoms with Crippen molar-refractivity contribution in [3.63, 3.8) is 0 Å². The Morgan fingerprint density at radius 1 is 1.00 bits per heavy atom. The highest BCUT2D eigenvalue weighted by molar-refractivity contribution is 5.83. The standard InChI is InChI=1S/C23H30N2O2/c26-23(24-22-9-13-27-14-10-22)16-18-7-11-25(12-8-18)17-19-5-6-20-3-1-2-4-21(20)15-19/h1-6,15,18,22H,7-14,16-17H2,(H,24,26). The number of piperidine rings is 1. The van der Waals surface area contributed by atoms with Crippen molar-refractivity contribution in [3.05, 3.63) is 48.0 Å². The van der Waals surface area contributed by atoms with E-state index in [9.17, 15) is 4.79 Å². The fraction of sp³-hybridized carbons (Fsp3) is 0.522. The van der Waals surface area contributed by atoms with Gasteiger partial charge in [-0.3, -0.25) is 9.69 Å². The number of carbonyl (C=O) groups is 1. The Morgan fingerprint density at radius 3 is 2.52 bits per heavy atom. The lowest BCUT2D eigenvalue weighted by Crippen LogP contribution is -2.41. The Labute approximate surface area is 161 Å². The summed E-state index contributed by atoms with van der Waals surface area (Å²) in [6.45, 7) is 4.73. The van der Waals surface area contributed by atoms with Gasteiger partial charge in [-0.25, -0.2) is 0 Å². The third kappa shape index (κ3) is 5.08. The molecule has 0 unspecified atom stereocenters. The van der Waals surface area contributed by atoms with Crippen molar-refractivity contribution < 1.29 is 9.53 Å². The minimum atomic E-state index is 0.231. The Balaban J connectivity index is 1.23. The van der Waals surface area contributed by atoms with Crippen LogP contribution in [0.15, 0.2) is 42.5 Å². The van der Waals surface area contributed by atoms with Crippen LogP contribution in [0.2, 0.25) is 0 Å². The number of fused-ring (bicyclic) bond motifs is 1. The van der Waals surface area contributed by atoms with Crippen LogP contribution in [0.4, 0.5) is 0 Å². The van der Waals surface area contributed by atoms with Crippen LogP contribution in [0, 0.1) is 5.92 Å². The van der Waals surface area contributed by atoms with Crippen molar-refractivity contribution in [3.8, 4) is 0 Å². The van der Waals surface area contributed by atoms with Crippen molar-refractivity contribution in [2.45, 2.75) is 44.7 Å². The molecule has 2 saturated heterocycles. The maximum absolute atomic E-state index is 12.3. The molecule has 0 bridgehead atoms. The molecule has 4 rings (SSSR count). The molecule has 0 aromatic heterocycles. The van der Waals surface area contributed by atoms with Crippen molar-refractivity contribution >= 4 is 16.7 Å². The first-order valence-electron chi connectivity index (χ1n) is 10.3. The van der Waals surface area contributed by atoms with Crippen LogP contribution < -0.4 is 5.32 Å². The molecular formula is C23H30N2O2. The van der Waals surface area contributed by atoms with Gasteiger partial charge in [-0.2, -0.15) is 0 Å². The number of nitrogens with one attached hydrogen (secondary N) is 1. The lowest BCUT2D eigenvalue weighted by molar-refractivity contribution is -0.123. The number of rotatable bonds is 5. The number of nitrogens with zero attached hydrogens (tertiary/aromatic N) is 1. The minimum Gasteiger partial charge on any atom is -0.381 e. The van der Waals surface area contributed by atoms with Crippen LogP contribution in [0.1, 0.15) is 37.7 Å². The first-order chi connectivity index (χ1) is 13.3. The van der Waals surface area contributed by atoms with Gasteiger partial charge in [-0.1, -0.05) is 36.4 Å². The fourth-order valence-electron chi connectivity index (χ4n) is 4.33. The van der Waals surface area contributed by atoms with Crippen LogP contribution >= 0.6 is 0 Å². The van der Waals surface area contributed by atoms with Gasteiger partial charge in [0.15, 0.2) is 0 Å². The second-order valence-corrected chi connectivity index (χ2v) is 8.06. The quantitative estimate of drug-likeness (QED) is 0.876. The molecule has 27 heavy (non-hydrogen) atoms. The van der Waals surface area contributed by atoms with Crippen molar-refractivity contribution in [2.24, 2.45) is 5.92 Å². The van der Waals surface area contributed by atoms with E-state index in [-0.39, 0.29) is 5.91 Å². The van der Waals surface area contributed by atoms with E-state index >= 15 is 0 Å². The Bertz CT molecular complexity index is 762. The molecule has 4 heteroatoms. The highest BCUT2D eigenvalue weighted by atomic mass is 16.5. The Morgan fingerprint density at radius 2 is 1.74 bits per heavy atom. The monoisotopic (exact) mass is 366 g/mol. The first-order valence-corrected chi connectivity index (χ1v) is 10.3. The molecule has 2 aromatic carbocycles. The molecule has 0 saturated carbocycles. The van der Waals surface area contributed by atoms with Crippen molar-refractivity contribution in [1.82, 2.24) is 10.2 Å². The molecule has 0 spiro atoms. The van der Waals surface area contributed by atoms with E-state index in [4.69, 9.17) is 4.74 Å². The molecule has 2 aromatic rings. The van der Waals surface area contributed by atoms with Crippen molar-refractivity contribution in [1.29, 1.82) is 0 Å². The van der Waals surface area contributed by atoms with Crippen LogP contribution in [-0.2, 0) is 16.1 Å². The summed E-state index contributed by atoms with van der Waals surface area (Å²) in [6.07, 6.45) is 4.83. The molecule has 0 aliphatic carbocycles. The number of likely N-dealkylation sites (tertiary alicyclic amines) is 1. The molecule has 2 aliphatic heterocycles. The van der Waals surface area contributed by atoms with Crippen LogP contribution in [-0.4, -0.2) is 43.2 Å². The Kier molecular flexibility index (Phi) is 6.05. The summed E-state index contributed by atoms with van der Waals surface area (Å²) in [6, 6.07) is 15.6. The van der Waals surface area contributed by atoms with Crippen LogP contribution in [0.5, 0.6) is 0 Å². The normalized spacial score (nSPS) is 20.0. The summed E-state index contributed by atoms with van der Waals surface area (Å²) in [5.74, 6) is 0.757. The first kappa shape index (κ1) is 18.5. The number of hydrogen-bond acceptors (Lipinski definition) is 3. The number of carbonyl (C=O) groups excluding carboxylic acids is 1. The van der Waals surface area contributed by atoms with E-state index in [0.717, 1.165) is 58.5 Å². The minimum absolute atomic E-state index is 0.231. The maximum atomic E-state index is 12.3. The highest BCUT2D eigenvalue weighted by Gasteiger charge is 2.23. The summed E-state index contributed by atoms with van der Waals surface area (Å²) in [7, 11) is 0. The third-order valence-electron chi connectivity index (χ3n) is 5.99. The molecule has 4 nitrogen and oxygen atoms in total. The third-order valence-corrected chi connectivity index (χ3v) is 5.99. The largest absolute Gasteiger partial charge is 0.381 e. The van der Waals surface area contributed by atoms with Crippen LogP contribution in [0.3, 0.4) is 0 Å². The average Bonchev–Trinajstić information content (AvgIpc) is 2.70. The topological polar surface area (TPSA) is 41.6 Å². The second-order valence-electron chi connectivity index (χ2n) is 8.06. The van der Waals surface area contributed by atoms with Crippen molar-refractivity contribution in [2.75, 3.05) is 26.3 Å². The molecule has 2 aliphatic rings. The molecule has 144 valence electrons. The zero-order valence-corrected chi connectivity index (χ0v) is 16.0. The zero-order valence-electron chi connectivity index (χ0n) is 16.0. The van der Waals surface area contributed by atoms with Gasteiger partial charge < -0.3 is 10.1 Å².